The lowest BCUT2D eigenvalue weighted by atomic mass is 10.1. The van der Waals surface area contributed by atoms with E-state index in [9.17, 15) is 4.79 Å². The van der Waals surface area contributed by atoms with Crippen molar-refractivity contribution in [3.05, 3.63) is 23.8 Å². The number of hydrogen-bond donors (Lipinski definition) is 1. The van der Waals surface area contributed by atoms with Crippen molar-refractivity contribution in [1.29, 1.82) is 0 Å². The Balaban J connectivity index is 0.00000121. The van der Waals surface area contributed by atoms with Crippen LogP contribution in [0.5, 0.6) is 0 Å². The molecule has 1 aliphatic carbocycles. The quantitative estimate of drug-likeness (QED) is 0.838. The maximum Gasteiger partial charge on any atom is 0.298 e. The first-order valence-electron chi connectivity index (χ1n) is 8.76. The molecule has 26 heavy (non-hydrogen) atoms. The zero-order valence-corrected chi connectivity index (χ0v) is 16.5. The summed E-state index contributed by atoms with van der Waals surface area (Å²) in [5.74, 6) is 0.398. The molecule has 144 valence electrons. The van der Waals surface area contributed by atoms with Crippen molar-refractivity contribution in [2.24, 2.45) is 11.7 Å². The van der Waals surface area contributed by atoms with Crippen molar-refractivity contribution in [2.75, 3.05) is 31.1 Å². The van der Waals surface area contributed by atoms with Gasteiger partial charge >= 0.3 is 0 Å². The number of halogens is 2. The summed E-state index contributed by atoms with van der Waals surface area (Å²) in [5.41, 5.74) is 8.82. The summed E-state index contributed by atoms with van der Waals surface area (Å²) in [6.45, 7) is 5.02. The van der Waals surface area contributed by atoms with Gasteiger partial charge in [0.2, 0.25) is 5.91 Å². The van der Waals surface area contributed by atoms with Gasteiger partial charge < -0.3 is 20.0 Å². The fourth-order valence-electron chi connectivity index (χ4n) is 3.78. The van der Waals surface area contributed by atoms with Gasteiger partial charge in [0.1, 0.15) is 5.52 Å². The Hall–Kier alpha value is -1.50. The van der Waals surface area contributed by atoms with Crippen molar-refractivity contribution < 1.29 is 9.21 Å². The monoisotopic (exact) mass is 400 g/mol. The number of hydrogen-bond acceptors (Lipinski definition) is 5. The highest BCUT2D eigenvalue weighted by Gasteiger charge is 2.33. The Morgan fingerprint density at radius 2 is 1.92 bits per heavy atom. The number of amides is 1. The van der Waals surface area contributed by atoms with Crippen LogP contribution in [0.25, 0.3) is 11.1 Å². The topological polar surface area (TPSA) is 75.6 Å². The van der Waals surface area contributed by atoms with E-state index in [-0.39, 0.29) is 42.7 Å². The van der Waals surface area contributed by atoms with E-state index in [4.69, 9.17) is 10.2 Å². The first-order chi connectivity index (χ1) is 11.6. The number of aryl methyl sites for hydroxylation is 1. The molecule has 1 saturated heterocycles. The van der Waals surface area contributed by atoms with E-state index in [0.29, 0.717) is 6.01 Å². The number of anilines is 1. The molecule has 8 heteroatoms. The van der Waals surface area contributed by atoms with Crippen molar-refractivity contribution in [3.8, 4) is 0 Å². The molecular weight excluding hydrogens is 375 g/mol. The van der Waals surface area contributed by atoms with Crippen LogP contribution < -0.4 is 10.6 Å². The van der Waals surface area contributed by atoms with Crippen LogP contribution in [0.4, 0.5) is 6.01 Å². The van der Waals surface area contributed by atoms with Gasteiger partial charge in [-0.15, -0.1) is 24.8 Å². The van der Waals surface area contributed by atoms with E-state index in [1.165, 1.54) is 5.56 Å². The highest BCUT2D eigenvalue weighted by Crippen LogP contribution is 2.27. The zero-order valence-electron chi connectivity index (χ0n) is 14.9. The Kier molecular flexibility index (Phi) is 6.77. The van der Waals surface area contributed by atoms with E-state index < -0.39 is 0 Å². The first kappa shape index (κ1) is 20.8. The Morgan fingerprint density at radius 3 is 2.58 bits per heavy atom. The van der Waals surface area contributed by atoms with E-state index in [1.807, 2.05) is 30.0 Å². The number of nitrogens with two attached hydrogens (primary N) is 1. The number of carbonyl (C=O) groups excluding carboxylic acids is 1. The van der Waals surface area contributed by atoms with Gasteiger partial charge in [-0.2, -0.15) is 4.98 Å². The SMILES string of the molecule is Cc1ccc2oc(N3CCN(C(=O)C4CCC(N)C4)CC3)nc2c1.Cl.Cl. The summed E-state index contributed by atoms with van der Waals surface area (Å²) in [6, 6.07) is 6.88. The summed E-state index contributed by atoms with van der Waals surface area (Å²) < 4.78 is 5.87. The number of benzene rings is 1. The molecule has 2 N–H and O–H groups in total. The second-order valence-corrected chi connectivity index (χ2v) is 7.05. The number of rotatable bonds is 2. The third-order valence-electron chi connectivity index (χ3n) is 5.22. The molecule has 1 saturated carbocycles. The van der Waals surface area contributed by atoms with Crippen LogP contribution in [0, 0.1) is 12.8 Å². The maximum absolute atomic E-state index is 12.6. The van der Waals surface area contributed by atoms with Gasteiger partial charge in [-0.25, -0.2) is 0 Å². The molecule has 2 unspecified atom stereocenters. The normalized spacial score (nSPS) is 22.8. The van der Waals surface area contributed by atoms with Crippen LogP contribution in [-0.4, -0.2) is 48.0 Å². The standard InChI is InChI=1S/C18H24N4O2.2ClH/c1-12-2-5-16-15(10-12)20-18(24-16)22-8-6-21(7-9-22)17(23)13-3-4-14(19)11-13;;/h2,5,10,13-14H,3-4,6-9,11,19H2,1H3;2*1H. The molecule has 1 aliphatic heterocycles. The summed E-state index contributed by atoms with van der Waals surface area (Å²) in [4.78, 5) is 21.3. The minimum Gasteiger partial charge on any atom is -0.423 e. The second kappa shape index (κ2) is 8.46. The molecule has 1 aromatic heterocycles. The van der Waals surface area contributed by atoms with Crippen molar-refractivity contribution in [3.63, 3.8) is 0 Å². The molecule has 1 amide bonds. The van der Waals surface area contributed by atoms with Crippen LogP contribution >= 0.6 is 24.8 Å². The predicted octanol–water partition coefficient (Wildman–Crippen LogP) is 2.76. The van der Waals surface area contributed by atoms with Crippen molar-refractivity contribution in [2.45, 2.75) is 32.2 Å². The summed E-state index contributed by atoms with van der Waals surface area (Å²) in [6.07, 6.45) is 2.74. The molecular formula is C18H26Cl2N4O2. The fraction of sp³-hybridized carbons (Fsp3) is 0.556. The third kappa shape index (κ3) is 4.08. The summed E-state index contributed by atoms with van der Waals surface area (Å²) >= 11 is 0. The fourth-order valence-corrected chi connectivity index (χ4v) is 3.78. The van der Waals surface area contributed by atoms with Gasteiger partial charge in [0.15, 0.2) is 5.58 Å². The first-order valence-corrected chi connectivity index (χ1v) is 8.76. The van der Waals surface area contributed by atoms with Crippen molar-refractivity contribution in [1.82, 2.24) is 9.88 Å². The van der Waals surface area contributed by atoms with Gasteiger partial charge in [0, 0.05) is 38.1 Å². The molecule has 2 aromatic rings. The highest BCUT2D eigenvalue weighted by molar-refractivity contribution is 5.85. The number of fused-ring (bicyclic) bond motifs is 1. The van der Waals surface area contributed by atoms with Crippen LogP contribution in [0.2, 0.25) is 0 Å². The molecule has 2 heterocycles. The molecule has 1 aromatic carbocycles. The van der Waals surface area contributed by atoms with Crippen molar-refractivity contribution >= 4 is 47.8 Å². The maximum atomic E-state index is 12.6. The Labute approximate surface area is 165 Å². The highest BCUT2D eigenvalue weighted by atomic mass is 35.5. The number of nitrogens with zero attached hydrogens (tertiary/aromatic N) is 3. The third-order valence-corrected chi connectivity index (χ3v) is 5.22. The van der Waals surface area contributed by atoms with E-state index in [2.05, 4.69) is 9.88 Å². The molecule has 0 spiro atoms. The molecule has 0 radical (unpaired) electrons. The Bertz CT molecular complexity index is 759. The minimum absolute atomic E-state index is 0. The molecule has 2 aliphatic rings. The molecule has 2 fully saturated rings. The van der Waals surface area contributed by atoms with Gasteiger partial charge in [-0.3, -0.25) is 4.79 Å². The number of carbonyl (C=O) groups is 1. The van der Waals surface area contributed by atoms with Crippen LogP contribution in [0.15, 0.2) is 22.6 Å². The minimum atomic E-state index is 0. The number of piperazine rings is 1. The van der Waals surface area contributed by atoms with E-state index >= 15 is 0 Å². The lowest BCUT2D eigenvalue weighted by Gasteiger charge is -2.35. The molecule has 0 bridgehead atoms. The summed E-state index contributed by atoms with van der Waals surface area (Å²) in [5, 5.41) is 0. The van der Waals surface area contributed by atoms with E-state index in [1.54, 1.807) is 0 Å². The van der Waals surface area contributed by atoms with Gasteiger partial charge in [0.05, 0.1) is 0 Å². The zero-order chi connectivity index (χ0) is 16.7. The van der Waals surface area contributed by atoms with Gasteiger partial charge in [0.25, 0.3) is 6.01 Å². The van der Waals surface area contributed by atoms with Gasteiger partial charge in [-0.05, 0) is 43.9 Å². The number of aromatic nitrogens is 1. The van der Waals surface area contributed by atoms with Crippen LogP contribution in [0.3, 0.4) is 0 Å². The lowest BCUT2D eigenvalue weighted by molar-refractivity contribution is -0.135. The lowest BCUT2D eigenvalue weighted by Crippen LogP contribution is -2.50. The molecule has 4 rings (SSSR count). The average molecular weight is 401 g/mol. The average Bonchev–Trinajstić information content (AvgIpc) is 3.20. The molecule has 2 atom stereocenters. The Morgan fingerprint density at radius 1 is 1.19 bits per heavy atom. The number of oxazole rings is 1. The van der Waals surface area contributed by atoms with Crippen LogP contribution in [0.1, 0.15) is 24.8 Å². The molecule has 6 nitrogen and oxygen atoms in total. The van der Waals surface area contributed by atoms with E-state index in [0.717, 1.165) is 56.5 Å². The second-order valence-electron chi connectivity index (χ2n) is 7.05. The van der Waals surface area contributed by atoms with Gasteiger partial charge in [-0.1, -0.05) is 6.07 Å². The summed E-state index contributed by atoms with van der Waals surface area (Å²) in [7, 11) is 0. The predicted molar refractivity (Wildman–Crippen MR) is 107 cm³/mol. The smallest absolute Gasteiger partial charge is 0.298 e. The largest absolute Gasteiger partial charge is 0.423 e. The van der Waals surface area contributed by atoms with Crippen LogP contribution in [-0.2, 0) is 4.79 Å².